The molecule has 0 radical (unpaired) electrons. The summed E-state index contributed by atoms with van der Waals surface area (Å²) in [6.07, 6.45) is -2.47. The highest BCUT2D eigenvalue weighted by molar-refractivity contribution is 5.28. The molecule has 0 saturated heterocycles. The van der Waals surface area contributed by atoms with Crippen molar-refractivity contribution in [3.05, 3.63) is 35.4 Å². The van der Waals surface area contributed by atoms with Crippen molar-refractivity contribution < 1.29 is 17.9 Å². The summed E-state index contributed by atoms with van der Waals surface area (Å²) >= 11 is 0. The lowest BCUT2D eigenvalue weighted by Crippen LogP contribution is -2.30. The summed E-state index contributed by atoms with van der Waals surface area (Å²) in [6.45, 7) is 0. The topological polar surface area (TPSA) is 35.2 Å². The number of alkyl halides is 3. The molecule has 1 aromatic rings. The minimum absolute atomic E-state index is 0.200. The van der Waals surface area contributed by atoms with Crippen LogP contribution in [0.25, 0.3) is 0 Å². The minimum Gasteiger partial charge on any atom is -0.379 e. The third-order valence-corrected chi connectivity index (χ3v) is 3.31. The first-order valence-corrected chi connectivity index (χ1v) is 5.89. The highest BCUT2D eigenvalue weighted by Gasteiger charge is 2.37. The second kappa shape index (κ2) is 4.90. The van der Waals surface area contributed by atoms with E-state index >= 15 is 0 Å². The monoisotopic (exact) mass is 259 g/mol. The van der Waals surface area contributed by atoms with Crippen molar-refractivity contribution in [3.63, 3.8) is 0 Å². The molecule has 0 spiro atoms. The van der Waals surface area contributed by atoms with Gasteiger partial charge in [-0.15, -0.1) is 0 Å². The van der Waals surface area contributed by atoms with Gasteiger partial charge in [0.15, 0.2) is 0 Å². The molecule has 0 bridgehead atoms. The second-order valence-electron chi connectivity index (χ2n) is 4.69. The first-order chi connectivity index (χ1) is 8.43. The smallest absolute Gasteiger partial charge is 0.379 e. The van der Waals surface area contributed by atoms with E-state index in [0.29, 0.717) is 11.5 Å². The summed E-state index contributed by atoms with van der Waals surface area (Å²) in [5.74, 6) is 0.375. The molecule has 0 aliphatic heterocycles. The Balaban J connectivity index is 2.21. The van der Waals surface area contributed by atoms with Gasteiger partial charge in [0.25, 0.3) is 0 Å². The fourth-order valence-corrected chi connectivity index (χ4v) is 2.17. The Hall–Kier alpha value is -1.07. The van der Waals surface area contributed by atoms with Crippen molar-refractivity contribution in [2.75, 3.05) is 7.11 Å². The molecule has 2 rings (SSSR count). The molecule has 1 fully saturated rings. The van der Waals surface area contributed by atoms with Gasteiger partial charge in [0.05, 0.1) is 17.7 Å². The quantitative estimate of drug-likeness (QED) is 0.901. The Morgan fingerprint density at radius 2 is 2.00 bits per heavy atom. The SMILES string of the molecule is COC(C1CC1)C(N)c1cccc(C(F)(F)F)c1. The van der Waals surface area contributed by atoms with Crippen LogP contribution in [-0.2, 0) is 10.9 Å². The number of nitrogens with two attached hydrogens (primary N) is 1. The van der Waals surface area contributed by atoms with Gasteiger partial charge in [-0.25, -0.2) is 0 Å². The van der Waals surface area contributed by atoms with E-state index in [4.69, 9.17) is 10.5 Å². The molecule has 1 aliphatic carbocycles. The van der Waals surface area contributed by atoms with Crippen molar-refractivity contribution in [2.45, 2.75) is 31.2 Å². The highest BCUT2D eigenvalue weighted by atomic mass is 19.4. The van der Waals surface area contributed by atoms with Crippen LogP contribution in [0.4, 0.5) is 13.2 Å². The van der Waals surface area contributed by atoms with Crippen molar-refractivity contribution in [1.29, 1.82) is 0 Å². The van der Waals surface area contributed by atoms with E-state index in [1.54, 1.807) is 13.2 Å². The fraction of sp³-hybridized carbons (Fsp3) is 0.538. The summed E-state index contributed by atoms with van der Waals surface area (Å²) in [5.41, 5.74) is 5.82. The maximum absolute atomic E-state index is 12.6. The zero-order chi connectivity index (χ0) is 13.3. The lowest BCUT2D eigenvalue weighted by molar-refractivity contribution is -0.137. The van der Waals surface area contributed by atoms with E-state index in [-0.39, 0.29) is 6.10 Å². The molecule has 0 heterocycles. The summed E-state index contributed by atoms with van der Waals surface area (Å²) in [7, 11) is 1.55. The van der Waals surface area contributed by atoms with E-state index in [2.05, 4.69) is 0 Å². The van der Waals surface area contributed by atoms with Crippen LogP contribution in [0.15, 0.2) is 24.3 Å². The van der Waals surface area contributed by atoms with Crippen LogP contribution in [0.1, 0.15) is 30.0 Å². The molecule has 0 aromatic heterocycles. The van der Waals surface area contributed by atoms with Gasteiger partial charge in [-0.05, 0) is 36.5 Å². The largest absolute Gasteiger partial charge is 0.416 e. The van der Waals surface area contributed by atoms with Crippen LogP contribution in [0, 0.1) is 5.92 Å². The molecule has 2 nitrogen and oxygen atoms in total. The lowest BCUT2D eigenvalue weighted by atomic mass is 9.97. The van der Waals surface area contributed by atoms with E-state index in [1.165, 1.54) is 6.07 Å². The molecule has 2 unspecified atom stereocenters. The van der Waals surface area contributed by atoms with Crippen molar-refractivity contribution >= 4 is 0 Å². The van der Waals surface area contributed by atoms with Crippen LogP contribution in [0.3, 0.4) is 0 Å². The number of rotatable bonds is 4. The minimum atomic E-state index is -4.34. The van der Waals surface area contributed by atoms with Gasteiger partial charge in [0.1, 0.15) is 0 Å². The Morgan fingerprint density at radius 1 is 1.33 bits per heavy atom. The van der Waals surface area contributed by atoms with Gasteiger partial charge in [0, 0.05) is 7.11 Å². The fourth-order valence-electron chi connectivity index (χ4n) is 2.17. The number of benzene rings is 1. The molecule has 5 heteroatoms. The molecule has 18 heavy (non-hydrogen) atoms. The summed E-state index contributed by atoms with van der Waals surface area (Å²) in [6, 6.07) is 4.66. The molecule has 0 amide bonds. The standard InChI is InChI=1S/C13H16F3NO/c1-18-12(8-5-6-8)11(17)9-3-2-4-10(7-9)13(14,15)16/h2-4,7-8,11-12H,5-6,17H2,1H3. The zero-order valence-corrected chi connectivity index (χ0v) is 10.1. The average Bonchev–Trinajstić information content (AvgIpc) is 3.13. The van der Waals surface area contributed by atoms with Gasteiger partial charge < -0.3 is 10.5 Å². The maximum Gasteiger partial charge on any atom is 0.416 e. The Kier molecular flexibility index (Phi) is 3.64. The van der Waals surface area contributed by atoms with Gasteiger partial charge >= 0.3 is 6.18 Å². The van der Waals surface area contributed by atoms with Crippen LogP contribution in [0.2, 0.25) is 0 Å². The van der Waals surface area contributed by atoms with Crippen LogP contribution in [-0.4, -0.2) is 13.2 Å². The molecule has 2 N–H and O–H groups in total. The molecular weight excluding hydrogens is 243 g/mol. The van der Waals surface area contributed by atoms with Crippen molar-refractivity contribution in [1.82, 2.24) is 0 Å². The maximum atomic E-state index is 12.6. The normalized spacial score (nSPS) is 19.6. The van der Waals surface area contributed by atoms with Crippen LogP contribution in [0.5, 0.6) is 0 Å². The average molecular weight is 259 g/mol. The van der Waals surface area contributed by atoms with E-state index in [0.717, 1.165) is 25.0 Å². The molecular formula is C13H16F3NO. The summed E-state index contributed by atoms with van der Waals surface area (Å²) in [4.78, 5) is 0. The predicted octanol–water partition coefficient (Wildman–Crippen LogP) is 3.13. The molecule has 100 valence electrons. The predicted molar refractivity (Wildman–Crippen MR) is 61.9 cm³/mol. The Morgan fingerprint density at radius 3 is 2.50 bits per heavy atom. The van der Waals surface area contributed by atoms with Crippen molar-refractivity contribution in [3.8, 4) is 0 Å². The molecule has 1 aromatic carbocycles. The summed E-state index contributed by atoms with van der Waals surface area (Å²) < 4.78 is 43.1. The number of hydrogen-bond acceptors (Lipinski definition) is 2. The van der Waals surface area contributed by atoms with Crippen molar-refractivity contribution in [2.24, 2.45) is 11.7 Å². The third kappa shape index (κ3) is 2.84. The Bertz CT molecular complexity index is 415. The van der Waals surface area contributed by atoms with Gasteiger partial charge in [0.2, 0.25) is 0 Å². The van der Waals surface area contributed by atoms with E-state index < -0.39 is 17.8 Å². The molecule has 1 saturated carbocycles. The van der Waals surface area contributed by atoms with Crippen LogP contribution >= 0.6 is 0 Å². The zero-order valence-electron chi connectivity index (χ0n) is 10.1. The molecule has 2 atom stereocenters. The number of methoxy groups -OCH3 is 1. The number of ether oxygens (including phenoxy) is 1. The third-order valence-electron chi connectivity index (χ3n) is 3.31. The molecule has 1 aliphatic rings. The first kappa shape index (κ1) is 13.4. The van der Waals surface area contributed by atoms with Gasteiger partial charge in [-0.2, -0.15) is 13.2 Å². The van der Waals surface area contributed by atoms with Gasteiger partial charge in [-0.1, -0.05) is 12.1 Å². The Labute approximate surface area is 104 Å². The second-order valence-corrected chi connectivity index (χ2v) is 4.69. The summed E-state index contributed by atoms with van der Waals surface area (Å²) in [5, 5.41) is 0. The van der Waals surface area contributed by atoms with Crippen LogP contribution < -0.4 is 5.73 Å². The lowest BCUT2D eigenvalue weighted by Gasteiger charge is -2.23. The van der Waals surface area contributed by atoms with E-state index in [1.807, 2.05) is 0 Å². The number of halogens is 3. The highest BCUT2D eigenvalue weighted by Crippen LogP contribution is 2.39. The van der Waals surface area contributed by atoms with E-state index in [9.17, 15) is 13.2 Å². The first-order valence-electron chi connectivity index (χ1n) is 5.89. The number of hydrogen-bond donors (Lipinski definition) is 1. The van der Waals surface area contributed by atoms with Gasteiger partial charge in [-0.3, -0.25) is 0 Å².